The second kappa shape index (κ2) is 6.25. The summed E-state index contributed by atoms with van der Waals surface area (Å²) in [4.78, 5) is 23.2. The van der Waals surface area contributed by atoms with Gasteiger partial charge in [-0.05, 0) is 37.3 Å². The lowest BCUT2D eigenvalue weighted by atomic mass is 10.2. The molecular weight excluding hydrogens is 318 g/mol. The highest BCUT2D eigenvalue weighted by Gasteiger charge is 2.14. The van der Waals surface area contributed by atoms with Crippen LogP contribution in [0.15, 0.2) is 61.2 Å². The standard InChI is InChI=1S/C18H13N5S/c1-12-16(24-18(22-12)13-5-4-8-19-11-13)14-7-10-21-17(23-14)15-6-2-3-9-20-15/h2-11H,1H3. The second-order valence-corrected chi connectivity index (χ2v) is 6.15. The van der Waals surface area contributed by atoms with Gasteiger partial charge in [0.2, 0.25) is 0 Å². The van der Waals surface area contributed by atoms with E-state index >= 15 is 0 Å². The molecule has 24 heavy (non-hydrogen) atoms. The van der Waals surface area contributed by atoms with Crippen LogP contribution in [0.5, 0.6) is 0 Å². The van der Waals surface area contributed by atoms with E-state index in [9.17, 15) is 0 Å². The Hall–Kier alpha value is -2.99. The summed E-state index contributed by atoms with van der Waals surface area (Å²) in [6.07, 6.45) is 7.08. The number of thiazole rings is 1. The van der Waals surface area contributed by atoms with Crippen molar-refractivity contribution in [1.82, 2.24) is 24.9 Å². The van der Waals surface area contributed by atoms with Gasteiger partial charge in [0, 0.05) is 30.4 Å². The van der Waals surface area contributed by atoms with Crippen molar-refractivity contribution < 1.29 is 0 Å². The summed E-state index contributed by atoms with van der Waals surface area (Å²) in [5, 5.41) is 0.939. The first-order valence-electron chi connectivity index (χ1n) is 7.44. The first-order chi connectivity index (χ1) is 11.8. The molecule has 0 amide bonds. The van der Waals surface area contributed by atoms with E-state index in [0.29, 0.717) is 5.82 Å². The zero-order chi connectivity index (χ0) is 16.4. The monoisotopic (exact) mass is 331 g/mol. The number of nitrogens with zero attached hydrogens (tertiary/aromatic N) is 5. The normalized spacial score (nSPS) is 10.7. The van der Waals surface area contributed by atoms with Gasteiger partial charge in [0.1, 0.15) is 10.7 Å². The molecule has 0 radical (unpaired) electrons. The maximum absolute atomic E-state index is 4.66. The largest absolute Gasteiger partial charge is 0.264 e. The summed E-state index contributed by atoms with van der Waals surface area (Å²) in [7, 11) is 0. The van der Waals surface area contributed by atoms with Crippen LogP contribution in [-0.4, -0.2) is 24.9 Å². The zero-order valence-corrected chi connectivity index (χ0v) is 13.7. The molecule has 0 bridgehead atoms. The topological polar surface area (TPSA) is 64.5 Å². The predicted octanol–water partition coefficient (Wildman–Crippen LogP) is 4.03. The van der Waals surface area contributed by atoms with Gasteiger partial charge < -0.3 is 0 Å². The van der Waals surface area contributed by atoms with E-state index in [1.54, 1.807) is 29.9 Å². The molecule has 0 aliphatic rings. The number of pyridine rings is 2. The minimum Gasteiger partial charge on any atom is -0.264 e. The Bertz CT molecular complexity index is 967. The number of rotatable bonds is 3. The van der Waals surface area contributed by atoms with Gasteiger partial charge in [0.05, 0.1) is 16.3 Å². The van der Waals surface area contributed by atoms with Gasteiger partial charge >= 0.3 is 0 Å². The van der Waals surface area contributed by atoms with Crippen LogP contribution in [0.1, 0.15) is 5.69 Å². The van der Waals surface area contributed by atoms with Crippen molar-refractivity contribution in [2.45, 2.75) is 6.92 Å². The van der Waals surface area contributed by atoms with Crippen molar-refractivity contribution in [1.29, 1.82) is 0 Å². The maximum Gasteiger partial charge on any atom is 0.178 e. The summed E-state index contributed by atoms with van der Waals surface area (Å²) >= 11 is 1.61. The highest BCUT2D eigenvalue weighted by Crippen LogP contribution is 2.34. The third-order valence-corrected chi connectivity index (χ3v) is 4.72. The fourth-order valence-corrected chi connectivity index (χ4v) is 3.38. The SMILES string of the molecule is Cc1nc(-c2cccnc2)sc1-c1ccnc(-c2ccccn2)n1. The molecule has 4 heterocycles. The molecule has 0 unspecified atom stereocenters. The Morgan fingerprint density at radius 3 is 2.58 bits per heavy atom. The molecule has 0 saturated carbocycles. The lowest BCUT2D eigenvalue weighted by Gasteiger charge is -2.02. The Labute approximate surface area is 143 Å². The minimum atomic E-state index is 0.615. The summed E-state index contributed by atoms with van der Waals surface area (Å²) < 4.78 is 0. The van der Waals surface area contributed by atoms with Crippen LogP contribution in [0, 0.1) is 6.92 Å². The fraction of sp³-hybridized carbons (Fsp3) is 0.0556. The van der Waals surface area contributed by atoms with Crippen LogP contribution >= 0.6 is 11.3 Å². The third kappa shape index (κ3) is 2.79. The van der Waals surface area contributed by atoms with E-state index < -0.39 is 0 Å². The van der Waals surface area contributed by atoms with E-state index in [1.165, 1.54) is 0 Å². The van der Waals surface area contributed by atoms with Crippen LogP contribution in [0.25, 0.3) is 32.7 Å². The number of aryl methyl sites for hydroxylation is 1. The van der Waals surface area contributed by atoms with Crippen LogP contribution in [0.4, 0.5) is 0 Å². The van der Waals surface area contributed by atoms with Crippen LogP contribution in [0.3, 0.4) is 0 Å². The molecule has 0 N–H and O–H groups in total. The molecule has 0 saturated heterocycles. The van der Waals surface area contributed by atoms with Crippen molar-refractivity contribution in [2.75, 3.05) is 0 Å². The lowest BCUT2D eigenvalue weighted by molar-refractivity contribution is 1.14. The molecule has 0 atom stereocenters. The van der Waals surface area contributed by atoms with E-state index in [2.05, 4.69) is 24.9 Å². The summed E-state index contributed by atoms with van der Waals surface area (Å²) in [6, 6.07) is 11.5. The minimum absolute atomic E-state index is 0.615. The van der Waals surface area contributed by atoms with Crippen molar-refractivity contribution in [3.8, 4) is 32.7 Å². The third-order valence-electron chi connectivity index (χ3n) is 3.49. The quantitative estimate of drug-likeness (QED) is 0.567. The number of aromatic nitrogens is 5. The van der Waals surface area contributed by atoms with E-state index in [1.807, 2.05) is 49.5 Å². The number of hydrogen-bond acceptors (Lipinski definition) is 6. The van der Waals surface area contributed by atoms with Crippen molar-refractivity contribution >= 4 is 11.3 Å². The number of hydrogen-bond donors (Lipinski definition) is 0. The zero-order valence-electron chi connectivity index (χ0n) is 12.9. The summed E-state index contributed by atoms with van der Waals surface area (Å²) in [6.45, 7) is 1.99. The van der Waals surface area contributed by atoms with Gasteiger partial charge in [-0.15, -0.1) is 11.3 Å². The molecule has 0 aliphatic heterocycles. The first-order valence-corrected chi connectivity index (χ1v) is 8.25. The van der Waals surface area contributed by atoms with Gasteiger partial charge in [-0.3, -0.25) is 9.97 Å². The van der Waals surface area contributed by atoms with Crippen LogP contribution in [0.2, 0.25) is 0 Å². The Kier molecular flexibility index (Phi) is 3.80. The summed E-state index contributed by atoms with van der Waals surface area (Å²) in [5.41, 5.74) is 3.57. The average Bonchev–Trinajstić information content (AvgIpc) is 3.05. The fourth-order valence-electron chi connectivity index (χ4n) is 2.35. The second-order valence-electron chi connectivity index (χ2n) is 5.16. The molecule has 4 rings (SSSR count). The van der Waals surface area contributed by atoms with Gasteiger partial charge in [-0.1, -0.05) is 6.07 Å². The van der Waals surface area contributed by atoms with Gasteiger partial charge in [0.25, 0.3) is 0 Å². The average molecular weight is 331 g/mol. The van der Waals surface area contributed by atoms with Gasteiger partial charge in [-0.25, -0.2) is 15.0 Å². The Morgan fingerprint density at radius 1 is 0.833 bits per heavy atom. The van der Waals surface area contributed by atoms with Gasteiger partial charge in [-0.2, -0.15) is 0 Å². The molecule has 4 aromatic rings. The first kappa shape index (κ1) is 14.6. The molecule has 5 nitrogen and oxygen atoms in total. The van der Waals surface area contributed by atoms with E-state index in [0.717, 1.165) is 32.5 Å². The van der Waals surface area contributed by atoms with E-state index in [4.69, 9.17) is 0 Å². The van der Waals surface area contributed by atoms with Crippen molar-refractivity contribution in [3.05, 3.63) is 66.9 Å². The van der Waals surface area contributed by atoms with Crippen molar-refractivity contribution in [3.63, 3.8) is 0 Å². The Morgan fingerprint density at radius 2 is 1.79 bits per heavy atom. The molecule has 6 heteroatoms. The lowest BCUT2D eigenvalue weighted by Crippen LogP contribution is -1.93. The molecule has 116 valence electrons. The maximum atomic E-state index is 4.66. The molecular formula is C18H13N5S. The highest BCUT2D eigenvalue weighted by molar-refractivity contribution is 7.18. The predicted molar refractivity (Wildman–Crippen MR) is 94.3 cm³/mol. The molecule has 0 fully saturated rings. The smallest absolute Gasteiger partial charge is 0.178 e. The molecule has 4 aromatic heterocycles. The Balaban J connectivity index is 1.76. The summed E-state index contributed by atoms with van der Waals surface area (Å²) in [5.74, 6) is 0.615. The van der Waals surface area contributed by atoms with E-state index in [-0.39, 0.29) is 0 Å². The molecule has 0 aliphatic carbocycles. The molecule has 0 spiro atoms. The van der Waals surface area contributed by atoms with Crippen LogP contribution in [-0.2, 0) is 0 Å². The van der Waals surface area contributed by atoms with Crippen LogP contribution < -0.4 is 0 Å². The van der Waals surface area contributed by atoms with Crippen molar-refractivity contribution in [2.24, 2.45) is 0 Å². The van der Waals surface area contributed by atoms with Gasteiger partial charge in [0.15, 0.2) is 5.82 Å². The molecule has 0 aromatic carbocycles. The highest BCUT2D eigenvalue weighted by atomic mass is 32.1.